The Hall–Kier alpha value is -3.61. The molecule has 0 saturated carbocycles. The van der Waals surface area contributed by atoms with E-state index in [1.165, 1.54) is 5.56 Å². The molecule has 0 atom stereocenters. The molecule has 1 saturated heterocycles. The number of anilines is 1. The number of carbonyl (C=O) groups is 2. The summed E-state index contributed by atoms with van der Waals surface area (Å²) in [6.45, 7) is 13.0. The van der Waals surface area contributed by atoms with Crippen LogP contribution in [0, 0.1) is 13.8 Å². The third kappa shape index (κ3) is 6.04. The maximum absolute atomic E-state index is 13.6. The van der Waals surface area contributed by atoms with Gasteiger partial charge in [0.1, 0.15) is 5.60 Å². The molecule has 37 heavy (non-hydrogen) atoms. The summed E-state index contributed by atoms with van der Waals surface area (Å²) in [4.78, 5) is 28.0. The molecule has 0 spiro atoms. The first-order valence-electron chi connectivity index (χ1n) is 13.1. The van der Waals surface area contributed by atoms with Gasteiger partial charge >= 0.3 is 6.09 Å². The van der Waals surface area contributed by atoms with Gasteiger partial charge in [-0.25, -0.2) is 9.48 Å². The summed E-state index contributed by atoms with van der Waals surface area (Å²) in [6, 6.07) is 14.1. The summed E-state index contributed by atoms with van der Waals surface area (Å²) in [7, 11) is 0. The van der Waals surface area contributed by atoms with E-state index in [9.17, 15) is 9.59 Å². The summed E-state index contributed by atoms with van der Waals surface area (Å²) >= 11 is 0. The van der Waals surface area contributed by atoms with Crippen LogP contribution < -0.4 is 5.32 Å². The molecule has 3 aromatic rings. The zero-order valence-electron chi connectivity index (χ0n) is 22.8. The molecule has 196 valence electrons. The first kappa shape index (κ1) is 26.5. The minimum absolute atomic E-state index is 0.0721. The third-order valence-electron chi connectivity index (χ3n) is 6.83. The lowest BCUT2D eigenvalue weighted by atomic mass is 9.90. The number of rotatable bonds is 5. The van der Waals surface area contributed by atoms with Crippen molar-refractivity contribution in [1.82, 2.24) is 14.7 Å². The van der Waals surface area contributed by atoms with Crippen molar-refractivity contribution in [3.8, 4) is 5.69 Å². The predicted octanol–water partition coefficient (Wildman–Crippen LogP) is 6.42. The van der Waals surface area contributed by atoms with Gasteiger partial charge in [0, 0.05) is 24.7 Å². The van der Waals surface area contributed by atoms with Crippen LogP contribution in [0.15, 0.2) is 48.7 Å². The van der Waals surface area contributed by atoms with Gasteiger partial charge in [0.15, 0.2) is 0 Å². The van der Waals surface area contributed by atoms with E-state index in [0.29, 0.717) is 18.7 Å². The molecule has 1 aliphatic heterocycles. The number of para-hydroxylation sites is 1. The monoisotopic (exact) mass is 502 g/mol. The molecule has 1 fully saturated rings. The molecule has 0 unspecified atom stereocenters. The van der Waals surface area contributed by atoms with E-state index < -0.39 is 5.60 Å². The normalized spacial score (nSPS) is 14.5. The molecular weight excluding hydrogens is 464 g/mol. The molecule has 1 aromatic heterocycles. The van der Waals surface area contributed by atoms with E-state index >= 15 is 0 Å². The van der Waals surface area contributed by atoms with Crippen LogP contribution in [0.1, 0.15) is 79.2 Å². The Bertz CT molecular complexity index is 1260. The number of piperidine rings is 1. The fourth-order valence-electron chi connectivity index (χ4n) is 4.97. The number of hydrogen-bond donors (Lipinski definition) is 1. The van der Waals surface area contributed by atoms with Gasteiger partial charge in [-0.3, -0.25) is 4.79 Å². The van der Waals surface area contributed by atoms with Crippen molar-refractivity contribution in [2.45, 2.75) is 72.3 Å². The van der Waals surface area contributed by atoms with Crippen LogP contribution in [-0.2, 0) is 11.2 Å². The number of ether oxygens (including phenoxy) is 1. The van der Waals surface area contributed by atoms with E-state index in [-0.39, 0.29) is 17.9 Å². The highest BCUT2D eigenvalue weighted by Crippen LogP contribution is 2.34. The Kier molecular flexibility index (Phi) is 7.71. The highest BCUT2D eigenvalue weighted by molar-refractivity contribution is 6.05. The first-order valence-corrected chi connectivity index (χ1v) is 13.1. The predicted molar refractivity (Wildman–Crippen MR) is 147 cm³/mol. The van der Waals surface area contributed by atoms with Gasteiger partial charge in [0.25, 0.3) is 5.91 Å². The Labute approximate surface area is 219 Å². The van der Waals surface area contributed by atoms with Gasteiger partial charge in [-0.15, -0.1) is 0 Å². The summed E-state index contributed by atoms with van der Waals surface area (Å²) in [5.74, 6) is -0.0989. The fraction of sp³-hybridized carbons (Fsp3) is 0.433. The Balaban J connectivity index is 1.66. The number of aromatic nitrogens is 2. The lowest BCUT2D eigenvalue weighted by Gasteiger charge is -2.34. The Morgan fingerprint density at radius 3 is 2.32 bits per heavy atom. The highest BCUT2D eigenvalue weighted by Gasteiger charge is 2.32. The molecular formula is C30H38N4O3. The van der Waals surface area contributed by atoms with E-state index in [4.69, 9.17) is 9.84 Å². The van der Waals surface area contributed by atoms with Crippen molar-refractivity contribution >= 4 is 17.7 Å². The second kappa shape index (κ2) is 10.8. The summed E-state index contributed by atoms with van der Waals surface area (Å²) in [5.41, 5.74) is 6.06. The lowest BCUT2D eigenvalue weighted by Crippen LogP contribution is -2.41. The third-order valence-corrected chi connectivity index (χ3v) is 6.83. The van der Waals surface area contributed by atoms with Crippen LogP contribution in [0.5, 0.6) is 0 Å². The standard InChI is InChI=1S/C30H38N4O3/c1-7-22-12-9-13-24(18-22)32-28(35)25-19-31-34(26-20(2)10-8-11-21(26)3)27(25)23-14-16-33(17-15-23)29(36)37-30(4,5)6/h8-13,18-19,23H,7,14-17H2,1-6H3,(H,32,35). The number of nitrogens with zero attached hydrogens (tertiary/aromatic N) is 3. The van der Waals surface area contributed by atoms with Gasteiger partial charge < -0.3 is 15.0 Å². The molecule has 7 heteroatoms. The summed E-state index contributed by atoms with van der Waals surface area (Å²) in [6.07, 6.45) is 3.74. The van der Waals surface area contributed by atoms with E-state index in [0.717, 1.165) is 47.5 Å². The van der Waals surface area contributed by atoms with Crippen LogP contribution in [0.25, 0.3) is 5.69 Å². The molecule has 2 heterocycles. The van der Waals surface area contributed by atoms with Crippen LogP contribution in [0.3, 0.4) is 0 Å². The topological polar surface area (TPSA) is 76.5 Å². The van der Waals surface area contributed by atoms with Gasteiger partial charge in [-0.05, 0) is 82.7 Å². The van der Waals surface area contributed by atoms with Crippen molar-refractivity contribution in [2.24, 2.45) is 0 Å². The minimum atomic E-state index is -0.532. The second-order valence-electron chi connectivity index (χ2n) is 10.8. The maximum Gasteiger partial charge on any atom is 0.410 e. The zero-order chi connectivity index (χ0) is 26.7. The molecule has 0 radical (unpaired) electrons. The Morgan fingerprint density at radius 2 is 1.70 bits per heavy atom. The van der Waals surface area contributed by atoms with Gasteiger partial charge in [0.2, 0.25) is 0 Å². The molecule has 2 amide bonds. The number of nitrogens with one attached hydrogen (secondary N) is 1. The molecule has 7 nitrogen and oxygen atoms in total. The maximum atomic E-state index is 13.6. The van der Waals surface area contributed by atoms with Crippen LogP contribution >= 0.6 is 0 Å². The van der Waals surface area contributed by atoms with Crippen molar-refractivity contribution in [3.05, 3.63) is 76.6 Å². The smallest absolute Gasteiger partial charge is 0.410 e. The largest absolute Gasteiger partial charge is 0.444 e. The van der Waals surface area contributed by atoms with Gasteiger partial charge in [0.05, 0.1) is 23.1 Å². The average molecular weight is 503 g/mol. The summed E-state index contributed by atoms with van der Waals surface area (Å²) in [5, 5.41) is 7.82. The SMILES string of the molecule is CCc1cccc(NC(=O)c2cnn(-c3c(C)cccc3C)c2C2CCN(C(=O)OC(C)(C)C)CC2)c1. The van der Waals surface area contributed by atoms with Gasteiger partial charge in [-0.1, -0.05) is 37.3 Å². The summed E-state index contributed by atoms with van der Waals surface area (Å²) < 4.78 is 7.52. The number of aryl methyl sites for hydroxylation is 3. The van der Waals surface area contributed by atoms with Crippen molar-refractivity contribution < 1.29 is 14.3 Å². The average Bonchev–Trinajstić information content (AvgIpc) is 3.28. The van der Waals surface area contributed by atoms with E-state index in [2.05, 4.69) is 44.3 Å². The second-order valence-corrected chi connectivity index (χ2v) is 10.8. The number of hydrogen-bond acceptors (Lipinski definition) is 4. The minimum Gasteiger partial charge on any atom is -0.444 e. The fourth-order valence-corrected chi connectivity index (χ4v) is 4.97. The molecule has 1 N–H and O–H groups in total. The molecule has 1 aliphatic rings. The lowest BCUT2D eigenvalue weighted by molar-refractivity contribution is 0.0203. The number of likely N-dealkylation sites (tertiary alicyclic amines) is 1. The molecule has 0 bridgehead atoms. The van der Waals surface area contributed by atoms with E-state index in [1.54, 1.807) is 11.1 Å². The molecule has 4 rings (SSSR count). The Morgan fingerprint density at radius 1 is 1.05 bits per heavy atom. The quantitative estimate of drug-likeness (QED) is 0.437. The molecule has 2 aromatic carbocycles. The zero-order valence-corrected chi connectivity index (χ0v) is 22.8. The highest BCUT2D eigenvalue weighted by atomic mass is 16.6. The van der Waals surface area contributed by atoms with Crippen LogP contribution in [-0.4, -0.2) is 45.4 Å². The van der Waals surface area contributed by atoms with Crippen LogP contribution in [0.2, 0.25) is 0 Å². The van der Waals surface area contributed by atoms with Crippen molar-refractivity contribution in [2.75, 3.05) is 18.4 Å². The van der Waals surface area contributed by atoms with Gasteiger partial charge in [-0.2, -0.15) is 5.10 Å². The van der Waals surface area contributed by atoms with Crippen molar-refractivity contribution in [3.63, 3.8) is 0 Å². The number of amides is 2. The van der Waals surface area contributed by atoms with E-state index in [1.807, 2.05) is 49.7 Å². The number of carbonyl (C=O) groups excluding carboxylic acids is 2. The molecule has 0 aliphatic carbocycles. The van der Waals surface area contributed by atoms with Crippen LogP contribution in [0.4, 0.5) is 10.5 Å². The van der Waals surface area contributed by atoms with Crippen molar-refractivity contribution in [1.29, 1.82) is 0 Å². The first-order chi connectivity index (χ1) is 17.6. The number of benzene rings is 2.